The molecule has 7 rings (SSSR count). The summed E-state index contributed by atoms with van der Waals surface area (Å²) >= 11 is 6.31. The molecule has 34 heavy (non-hydrogen) atoms. The van der Waals surface area contributed by atoms with Gasteiger partial charge < -0.3 is 9.73 Å². The summed E-state index contributed by atoms with van der Waals surface area (Å²) in [7, 11) is 0. The van der Waals surface area contributed by atoms with Gasteiger partial charge in [0.05, 0.1) is 21.7 Å². The predicted molar refractivity (Wildman–Crippen MR) is 141 cm³/mol. The minimum absolute atomic E-state index is 0.694. The Hall–Kier alpha value is -4.28. The van der Waals surface area contributed by atoms with Gasteiger partial charge in [-0.15, -0.1) is 0 Å². The molecule has 5 heteroatoms. The van der Waals surface area contributed by atoms with Gasteiger partial charge >= 0.3 is 0 Å². The summed E-state index contributed by atoms with van der Waals surface area (Å²) in [6.07, 6.45) is 1.89. The highest BCUT2D eigenvalue weighted by molar-refractivity contribution is 6.33. The van der Waals surface area contributed by atoms with Crippen molar-refractivity contribution in [2.75, 3.05) is 5.32 Å². The van der Waals surface area contributed by atoms with Crippen molar-refractivity contribution in [3.05, 3.63) is 108 Å². The molecule has 0 saturated heterocycles. The van der Waals surface area contributed by atoms with Crippen LogP contribution in [-0.4, -0.2) is 9.55 Å². The standard InChI is InChI=1S/C29H18ClN3O/c30-24-6-2-3-7-25(24)32-19-10-12-21-18(15-19)9-13-26-29(21)31-17-33(26)20-11-14-28-23(16-20)22-5-1-4-8-27(22)34-28/h1-17,32H. The first-order chi connectivity index (χ1) is 16.7. The molecular weight excluding hydrogens is 442 g/mol. The van der Waals surface area contributed by atoms with Crippen LogP contribution < -0.4 is 5.32 Å². The highest BCUT2D eigenvalue weighted by atomic mass is 35.5. The van der Waals surface area contributed by atoms with Gasteiger partial charge in [-0.1, -0.05) is 54.1 Å². The Morgan fingerprint density at radius 2 is 1.59 bits per heavy atom. The molecule has 0 aliphatic carbocycles. The van der Waals surface area contributed by atoms with Crippen LogP contribution in [0.15, 0.2) is 108 Å². The first-order valence-corrected chi connectivity index (χ1v) is 11.5. The van der Waals surface area contributed by atoms with Gasteiger partial charge in [-0.3, -0.25) is 4.57 Å². The molecule has 0 aliphatic heterocycles. The monoisotopic (exact) mass is 459 g/mol. The Kier molecular flexibility index (Phi) is 4.16. The third kappa shape index (κ3) is 2.96. The first kappa shape index (κ1) is 19.2. The van der Waals surface area contributed by atoms with Gasteiger partial charge in [-0.05, 0) is 60.0 Å². The lowest BCUT2D eigenvalue weighted by Crippen LogP contribution is -1.92. The van der Waals surface area contributed by atoms with Crippen molar-refractivity contribution in [2.24, 2.45) is 0 Å². The minimum Gasteiger partial charge on any atom is -0.456 e. The van der Waals surface area contributed by atoms with E-state index in [-0.39, 0.29) is 0 Å². The second-order valence-corrected chi connectivity index (χ2v) is 8.77. The third-order valence-corrected chi connectivity index (χ3v) is 6.65. The van der Waals surface area contributed by atoms with Crippen molar-refractivity contribution >= 4 is 66.7 Å². The molecule has 0 atom stereocenters. The second kappa shape index (κ2) is 7.37. The molecule has 0 radical (unpaired) electrons. The lowest BCUT2D eigenvalue weighted by Gasteiger charge is -2.10. The van der Waals surface area contributed by atoms with Crippen LogP contribution in [0.1, 0.15) is 0 Å². The molecule has 0 aliphatic rings. The van der Waals surface area contributed by atoms with Gasteiger partial charge in [0.15, 0.2) is 0 Å². The molecule has 7 aromatic rings. The third-order valence-electron chi connectivity index (χ3n) is 6.32. The summed E-state index contributed by atoms with van der Waals surface area (Å²) in [6, 6.07) is 32.7. The molecule has 0 amide bonds. The molecule has 2 aromatic heterocycles. The zero-order valence-corrected chi connectivity index (χ0v) is 18.8. The van der Waals surface area contributed by atoms with Crippen LogP contribution in [0.2, 0.25) is 5.02 Å². The van der Waals surface area contributed by atoms with E-state index < -0.39 is 0 Å². The Balaban J connectivity index is 1.33. The van der Waals surface area contributed by atoms with Gasteiger partial charge in [-0.25, -0.2) is 4.98 Å². The molecule has 5 aromatic carbocycles. The molecule has 0 saturated carbocycles. The SMILES string of the molecule is Clc1ccccc1Nc1ccc2c(ccc3c2ncn3-c2ccc3oc4ccccc4c3c2)c1. The first-order valence-electron chi connectivity index (χ1n) is 11.1. The van der Waals surface area contributed by atoms with Crippen molar-refractivity contribution < 1.29 is 4.42 Å². The Morgan fingerprint density at radius 3 is 2.53 bits per heavy atom. The number of halogens is 1. The van der Waals surface area contributed by atoms with Crippen molar-refractivity contribution in [1.82, 2.24) is 9.55 Å². The molecule has 162 valence electrons. The molecule has 0 unspecified atom stereocenters. The van der Waals surface area contributed by atoms with Gasteiger partial charge in [0, 0.05) is 27.5 Å². The molecule has 4 nitrogen and oxygen atoms in total. The van der Waals surface area contributed by atoms with E-state index in [0.717, 1.165) is 60.8 Å². The molecular formula is C29H18ClN3O. The molecule has 0 fully saturated rings. The molecule has 0 spiro atoms. The zero-order chi connectivity index (χ0) is 22.6. The summed E-state index contributed by atoms with van der Waals surface area (Å²) in [5.41, 5.74) is 6.74. The van der Waals surface area contributed by atoms with Gasteiger partial charge in [0.25, 0.3) is 0 Å². The lowest BCUT2D eigenvalue weighted by molar-refractivity contribution is 0.669. The fraction of sp³-hybridized carbons (Fsp3) is 0. The van der Waals surface area contributed by atoms with E-state index in [4.69, 9.17) is 21.0 Å². The number of nitrogens with one attached hydrogen (secondary N) is 1. The van der Waals surface area contributed by atoms with Crippen LogP contribution in [0.4, 0.5) is 11.4 Å². The van der Waals surface area contributed by atoms with Crippen LogP contribution in [0, 0.1) is 0 Å². The number of imidazole rings is 1. The van der Waals surface area contributed by atoms with Crippen molar-refractivity contribution in [3.8, 4) is 5.69 Å². The van der Waals surface area contributed by atoms with Crippen molar-refractivity contribution in [2.45, 2.75) is 0 Å². The normalized spacial score (nSPS) is 11.7. The van der Waals surface area contributed by atoms with E-state index in [1.54, 1.807) is 0 Å². The van der Waals surface area contributed by atoms with E-state index in [1.165, 1.54) is 0 Å². The van der Waals surface area contributed by atoms with E-state index in [0.29, 0.717) is 5.02 Å². The fourth-order valence-corrected chi connectivity index (χ4v) is 4.86. The number of hydrogen-bond acceptors (Lipinski definition) is 3. The topological polar surface area (TPSA) is 43.0 Å². The smallest absolute Gasteiger partial charge is 0.135 e. The Morgan fingerprint density at radius 1 is 0.735 bits per heavy atom. The number of anilines is 2. The number of benzene rings is 5. The lowest BCUT2D eigenvalue weighted by atomic mass is 10.1. The van der Waals surface area contributed by atoms with Crippen molar-refractivity contribution in [3.63, 3.8) is 0 Å². The largest absolute Gasteiger partial charge is 0.456 e. The van der Waals surface area contributed by atoms with Crippen LogP contribution in [0.3, 0.4) is 0 Å². The van der Waals surface area contributed by atoms with E-state index in [9.17, 15) is 0 Å². The summed E-state index contributed by atoms with van der Waals surface area (Å²) in [5, 5.41) is 8.54. The summed E-state index contributed by atoms with van der Waals surface area (Å²) < 4.78 is 8.12. The van der Waals surface area contributed by atoms with E-state index in [1.807, 2.05) is 54.9 Å². The van der Waals surface area contributed by atoms with Gasteiger partial charge in [0.2, 0.25) is 0 Å². The Labute approximate surface area is 200 Å². The molecule has 1 N–H and O–H groups in total. The van der Waals surface area contributed by atoms with Gasteiger partial charge in [0.1, 0.15) is 17.5 Å². The van der Waals surface area contributed by atoms with E-state index >= 15 is 0 Å². The zero-order valence-electron chi connectivity index (χ0n) is 18.0. The summed E-state index contributed by atoms with van der Waals surface area (Å²) in [6.45, 7) is 0. The van der Waals surface area contributed by atoms with Crippen LogP contribution >= 0.6 is 11.6 Å². The van der Waals surface area contributed by atoms with Crippen LogP contribution in [0.25, 0.3) is 49.4 Å². The van der Waals surface area contributed by atoms with Crippen LogP contribution in [0.5, 0.6) is 0 Å². The number of hydrogen-bond donors (Lipinski definition) is 1. The molecule has 0 bridgehead atoms. The summed E-state index contributed by atoms with van der Waals surface area (Å²) in [5.74, 6) is 0. The number of nitrogens with zero attached hydrogens (tertiary/aromatic N) is 2. The average molecular weight is 460 g/mol. The average Bonchev–Trinajstić information content (AvgIpc) is 3.46. The minimum atomic E-state index is 0.694. The molecule has 2 heterocycles. The number of rotatable bonds is 3. The highest BCUT2D eigenvalue weighted by Gasteiger charge is 2.12. The Bertz CT molecular complexity index is 1860. The number of furan rings is 1. The maximum atomic E-state index is 6.31. The quantitative estimate of drug-likeness (QED) is 0.288. The summed E-state index contributed by atoms with van der Waals surface area (Å²) in [4.78, 5) is 4.78. The predicted octanol–water partition coefficient (Wildman–Crippen LogP) is 8.48. The number of fused-ring (bicyclic) bond motifs is 6. The maximum Gasteiger partial charge on any atom is 0.135 e. The van der Waals surface area contributed by atoms with Crippen LogP contribution in [-0.2, 0) is 0 Å². The number of para-hydroxylation sites is 2. The number of aromatic nitrogens is 2. The maximum absolute atomic E-state index is 6.31. The van der Waals surface area contributed by atoms with Crippen molar-refractivity contribution in [1.29, 1.82) is 0 Å². The fourth-order valence-electron chi connectivity index (χ4n) is 4.68. The van der Waals surface area contributed by atoms with Gasteiger partial charge in [-0.2, -0.15) is 0 Å². The van der Waals surface area contributed by atoms with E-state index in [2.05, 4.69) is 58.4 Å². The second-order valence-electron chi connectivity index (χ2n) is 8.37. The highest BCUT2D eigenvalue weighted by Crippen LogP contribution is 2.33.